The molecule has 0 atom stereocenters. The lowest BCUT2D eigenvalue weighted by Crippen LogP contribution is -2.21. The second-order valence-corrected chi connectivity index (χ2v) is 9.96. The van der Waals surface area contributed by atoms with Crippen molar-refractivity contribution in [2.45, 2.75) is 33.4 Å². The molecule has 9 nitrogen and oxygen atoms in total. The lowest BCUT2D eigenvalue weighted by Gasteiger charge is -2.12. The lowest BCUT2D eigenvalue weighted by atomic mass is 10.0. The number of aromatic nitrogens is 6. The quantitative estimate of drug-likeness (QED) is 0.303. The van der Waals surface area contributed by atoms with Gasteiger partial charge in [0, 0.05) is 11.8 Å². The summed E-state index contributed by atoms with van der Waals surface area (Å²) in [4.78, 5) is 27.0. The number of hydrogen-bond acceptors (Lipinski definition) is 7. The Labute approximate surface area is 232 Å². The van der Waals surface area contributed by atoms with Crippen LogP contribution in [-0.4, -0.2) is 35.2 Å². The summed E-state index contributed by atoms with van der Waals surface area (Å²) in [6.45, 7) is 5.49. The summed E-state index contributed by atoms with van der Waals surface area (Å²) in [6.07, 6.45) is 2.79. The molecule has 6 aromatic rings. The van der Waals surface area contributed by atoms with Gasteiger partial charge in [0.15, 0.2) is 17.2 Å². The molecule has 206 valence electrons. The van der Waals surface area contributed by atoms with Gasteiger partial charge in [-0.1, -0.05) is 18.2 Å². The van der Waals surface area contributed by atoms with Crippen molar-refractivity contribution in [2.75, 3.05) is 5.73 Å². The first-order valence-electron chi connectivity index (χ1n) is 12.9. The molecule has 0 bridgehead atoms. The molecule has 0 aliphatic heterocycles. The van der Waals surface area contributed by atoms with E-state index in [0.29, 0.717) is 39.2 Å². The topological polar surface area (TPSA) is 113 Å². The van der Waals surface area contributed by atoms with Crippen LogP contribution >= 0.6 is 0 Å². The molecule has 0 saturated carbocycles. The van der Waals surface area contributed by atoms with E-state index in [1.807, 2.05) is 26.8 Å². The number of hydrogen-bond donors (Lipinski definition) is 1. The zero-order valence-corrected chi connectivity index (χ0v) is 22.5. The minimum atomic E-state index is -0.553. The van der Waals surface area contributed by atoms with Crippen molar-refractivity contribution < 1.29 is 13.5 Å². The average Bonchev–Trinajstić information content (AvgIpc) is 3.30. The van der Waals surface area contributed by atoms with Crippen molar-refractivity contribution in [3.8, 4) is 28.1 Å². The van der Waals surface area contributed by atoms with Crippen molar-refractivity contribution in [1.29, 1.82) is 0 Å². The molecule has 4 aromatic heterocycles. The monoisotopic (exact) mass is 553 g/mol. The van der Waals surface area contributed by atoms with Gasteiger partial charge in [0.25, 0.3) is 5.56 Å². The number of nitrogens with two attached hydrogens (primary N) is 1. The number of pyridine rings is 1. The van der Waals surface area contributed by atoms with Gasteiger partial charge < -0.3 is 10.5 Å². The van der Waals surface area contributed by atoms with Crippen LogP contribution in [0.2, 0.25) is 0 Å². The Morgan fingerprint density at radius 1 is 1.02 bits per heavy atom. The molecular formula is C30H25F2N7O2. The fourth-order valence-corrected chi connectivity index (χ4v) is 4.82. The van der Waals surface area contributed by atoms with Crippen molar-refractivity contribution in [1.82, 2.24) is 29.1 Å². The van der Waals surface area contributed by atoms with E-state index in [0.717, 1.165) is 5.56 Å². The maximum absolute atomic E-state index is 14.9. The number of rotatable bonds is 6. The summed E-state index contributed by atoms with van der Waals surface area (Å²) in [5.74, 6) is -0.761. The molecule has 0 amide bonds. The third kappa shape index (κ3) is 4.75. The van der Waals surface area contributed by atoms with E-state index in [9.17, 15) is 13.6 Å². The van der Waals surface area contributed by atoms with E-state index < -0.39 is 11.6 Å². The standard InChI is InChI=1S/C30H25F2N7O2/c1-16(2)41-23-9-8-19(12-21(23)32)27-26-28(33)34-15-35-29(26)39(37-27)14-22-25(18-5-4-6-20(31)11-18)30(40)38-13-17(3)7-10-24(38)36-22/h4-13,15-16H,14H2,1-3H3,(H2,33,34,35). The first-order valence-corrected chi connectivity index (χ1v) is 12.9. The largest absolute Gasteiger partial charge is 0.488 e. The molecule has 6 rings (SSSR count). The first kappa shape index (κ1) is 26.1. The van der Waals surface area contributed by atoms with E-state index in [1.165, 1.54) is 45.7 Å². The van der Waals surface area contributed by atoms with Gasteiger partial charge in [0.05, 0.1) is 29.3 Å². The third-order valence-corrected chi connectivity index (χ3v) is 6.59. The number of ether oxygens (including phenoxy) is 1. The molecule has 11 heteroatoms. The van der Waals surface area contributed by atoms with Crippen LogP contribution in [0, 0.1) is 18.6 Å². The van der Waals surface area contributed by atoms with Crippen molar-refractivity contribution in [3.05, 3.63) is 100 Å². The maximum atomic E-state index is 14.9. The van der Waals surface area contributed by atoms with Crippen LogP contribution in [0.1, 0.15) is 25.1 Å². The van der Waals surface area contributed by atoms with Gasteiger partial charge in [0.1, 0.15) is 29.3 Å². The number of halogens is 2. The van der Waals surface area contributed by atoms with Crippen LogP contribution in [0.4, 0.5) is 14.6 Å². The second kappa shape index (κ2) is 10.1. The molecule has 0 unspecified atom stereocenters. The Balaban J connectivity index is 1.55. The highest BCUT2D eigenvalue weighted by atomic mass is 19.1. The fourth-order valence-electron chi connectivity index (χ4n) is 4.82. The van der Waals surface area contributed by atoms with E-state index in [1.54, 1.807) is 24.4 Å². The summed E-state index contributed by atoms with van der Waals surface area (Å²) < 4.78 is 37.7. The van der Waals surface area contributed by atoms with Gasteiger partial charge in [-0.25, -0.2) is 28.4 Å². The molecule has 0 fully saturated rings. The Kier molecular flexibility index (Phi) is 6.41. The highest BCUT2D eigenvalue weighted by molar-refractivity contribution is 5.98. The molecule has 0 aliphatic carbocycles. The van der Waals surface area contributed by atoms with Crippen LogP contribution < -0.4 is 16.0 Å². The zero-order valence-electron chi connectivity index (χ0n) is 22.5. The average molecular weight is 554 g/mol. The molecule has 4 heterocycles. The number of nitrogen functional groups attached to an aromatic ring is 1. The summed E-state index contributed by atoms with van der Waals surface area (Å²) in [5.41, 5.74) is 9.30. The van der Waals surface area contributed by atoms with E-state index >= 15 is 0 Å². The van der Waals surface area contributed by atoms with Gasteiger partial charge in [-0.2, -0.15) is 5.10 Å². The van der Waals surface area contributed by atoms with Crippen LogP contribution in [-0.2, 0) is 6.54 Å². The van der Waals surface area contributed by atoms with Gasteiger partial charge >= 0.3 is 0 Å². The third-order valence-electron chi connectivity index (χ3n) is 6.59. The normalized spacial score (nSPS) is 11.6. The number of benzene rings is 2. The summed E-state index contributed by atoms with van der Waals surface area (Å²) in [5, 5.41) is 5.15. The van der Waals surface area contributed by atoms with Gasteiger partial charge in [-0.15, -0.1) is 0 Å². The predicted octanol–water partition coefficient (Wildman–Crippen LogP) is 5.17. The highest BCUT2D eigenvalue weighted by Crippen LogP contribution is 2.33. The summed E-state index contributed by atoms with van der Waals surface area (Å²) >= 11 is 0. The second-order valence-electron chi connectivity index (χ2n) is 9.96. The Morgan fingerprint density at radius 3 is 2.61 bits per heavy atom. The summed E-state index contributed by atoms with van der Waals surface area (Å²) in [7, 11) is 0. The molecule has 2 aromatic carbocycles. The van der Waals surface area contributed by atoms with Gasteiger partial charge in [0.2, 0.25) is 0 Å². The molecule has 0 spiro atoms. The van der Waals surface area contributed by atoms with Gasteiger partial charge in [-0.3, -0.25) is 9.20 Å². The number of fused-ring (bicyclic) bond motifs is 2. The molecule has 2 N–H and O–H groups in total. The molecular weight excluding hydrogens is 528 g/mol. The van der Waals surface area contributed by atoms with E-state index in [4.69, 9.17) is 20.6 Å². The maximum Gasteiger partial charge on any atom is 0.266 e. The van der Waals surface area contributed by atoms with Crippen LogP contribution in [0.15, 0.2) is 71.9 Å². The Morgan fingerprint density at radius 2 is 1.85 bits per heavy atom. The van der Waals surface area contributed by atoms with Crippen molar-refractivity contribution >= 4 is 22.5 Å². The molecule has 0 saturated heterocycles. The first-order chi connectivity index (χ1) is 19.7. The van der Waals surface area contributed by atoms with E-state index in [2.05, 4.69) is 9.97 Å². The molecule has 41 heavy (non-hydrogen) atoms. The fraction of sp³-hybridized carbons (Fsp3) is 0.167. The Bertz CT molecular complexity index is 2020. The number of nitrogens with zero attached hydrogens (tertiary/aromatic N) is 6. The van der Waals surface area contributed by atoms with Gasteiger partial charge in [-0.05, 0) is 68.3 Å². The number of anilines is 1. The lowest BCUT2D eigenvalue weighted by molar-refractivity contribution is 0.231. The van der Waals surface area contributed by atoms with Crippen LogP contribution in [0.5, 0.6) is 5.75 Å². The number of aryl methyl sites for hydroxylation is 1. The summed E-state index contributed by atoms with van der Waals surface area (Å²) in [6, 6.07) is 13.9. The molecule has 0 radical (unpaired) electrons. The highest BCUT2D eigenvalue weighted by Gasteiger charge is 2.22. The SMILES string of the molecule is Cc1ccc2nc(Cn3nc(-c4ccc(OC(C)C)c(F)c4)c4c(N)ncnc43)c(-c3cccc(F)c3)c(=O)n2c1. The Hall–Kier alpha value is -5.19. The van der Waals surface area contributed by atoms with E-state index in [-0.39, 0.29) is 35.3 Å². The van der Waals surface area contributed by atoms with Crippen molar-refractivity contribution in [3.63, 3.8) is 0 Å². The van der Waals surface area contributed by atoms with Crippen molar-refractivity contribution in [2.24, 2.45) is 0 Å². The van der Waals surface area contributed by atoms with Crippen LogP contribution in [0.25, 0.3) is 39.1 Å². The molecule has 0 aliphatic rings. The van der Waals surface area contributed by atoms with Crippen LogP contribution in [0.3, 0.4) is 0 Å². The predicted molar refractivity (Wildman–Crippen MR) is 152 cm³/mol. The minimum absolute atomic E-state index is 0.00452. The smallest absolute Gasteiger partial charge is 0.266 e. The zero-order chi connectivity index (χ0) is 28.8. The minimum Gasteiger partial charge on any atom is -0.488 e.